The third-order valence-electron chi connectivity index (χ3n) is 11.5. The highest BCUT2D eigenvalue weighted by Gasteiger charge is 2.31. The number of ether oxygens (including phenoxy) is 1. The molecule has 8 N–H and O–H groups in total. The van der Waals surface area contributed by atoms with E-state index in [1.165, 1.54) is 62.0 Å². The number of para-hydroxylation sites is 1. The summed E-state index contributed by atoms with van der Waals surface area (Å²) < 4.78 is 5.31. The largest absolute Gasteiger partial charge is 0.496 e. The quantitative estimate of drug-likeness (QED) is 0.0579. The van der Waals surface area contributed by atoms with Crippen molar-refractivity contribution in [3.05, 3.63) is 90.0 Å². The summed E-state index contributed by atoms with van der Waals surface area (Å²) >= 11 is 0. The number of hydrogen-bond donors (Lipinski definition) is 8. The highest BCUT2D eigenvalue weighted by Crippen LogP contribution is 2.23. The van der Waals surface area contributed by atoms with Crippen LogP contribution >= 0.6 is 0 Å². The monoisotopic (exact) mass is 997 g/mol. The molecule has 4 atom stereocenters. The Morgan fingerprint density at radius 2 is 1.25 bits per heavy atom. The van der Waals surface area contributed by atoms with Crippen molar-refractivity contribution in [1.29, 1.82) is 5.26 Å². The second-order valence-electron chi connectivity index (χ2n) is 17.7. The molecule has 72 heavy (non-hydrogen) atoms. The molecule has 0 spiro atoms. The van der Waals surface area contributed by atoms with Crippen molar-refractivity contribution in [2.45, 2.75) is 84.5 Å². The Balaban J connectivity index is 1.98. The van der Waals surface area contributed by atoms with Gasteiger partial charge in [0.15, 0.2) is 0 Å². The second-order valence-corrected chi connectivity index (χ2v) is 17.7. The summed E-state index contributed by atoms with van der Waals surface area (Å²) in [5.74, 6) is -2.52. The van der Waals surface area contributed by atoms with E-state index in [1.54, 1.807) is 50.2 Å². The van der Waals surface area contributed by atoms with Gasteiger partial charge < -0.3 is 57.1 Å². The summed E-state index contributed by atoms with van der Waals surface area (Å²) in [4.78, 5) is 112. The van der Waals surface area contributed by atoms with Gasteiger partial charge in [-0.05, 0) is 67.5 Å². The normalized spacial score (nSPS) is 12.4. The van der Waals surface area contributed by atoms with Crippen LogP contribution in [0.2, 0.25) is 0 Å². The number of likely N-dealkylation sites (N-methyl/N-ethyl adjacent to an activating group) is 2. The van der Waals surface area contributed by atoms with Crippen molar-refractivity contribution in [1.82, 2.24) is 47.0 Å². The molecule has 0 bridgehead atoms. The van der Waals surface area contributed by atoms with Gasteiger partial charge in [0, 0.05) is 71.7 Å². The van der Waals surface area contributed by atoms with Crippen LogP contribution in [0, 0.1) is 23.2 Å². The lowest BCUT2D eigenvalue weighted by molar-refractivity contribution is -0.130. The van der Waals surface area contributed by atoms with Gasteiger partial charge in [-0.1, -0.05) is 76.2 Å². The van der Waals surface area contributed by atoms with Crippen LogP contribution < -0.4 is 52.2 Å². The number of hydrogen-bond acceptors (Lipinski definition) is 10. The van der Waals surface area contributed by atoms with Crippen LogP contribution in [0.25, 0.3) is 0 Å². The van der Waals surface area contributed by atoms with Crippen LogP contribution in [0.3, 0.4) is 0 Å². The van der Waals surface area contributed by atoms with Gasteiger partial charge in [-0.3, -0.25) is 28.9 Å². The highest BCUT2D eigenvalue weighted by molar-refractivity contribution is 5.99. The minimum Gasteiger partial charge on any atom is -0.496 e. The molecule has 11 amide bonds. The molecule has 0 fully saturated rings. The van der Waals surface area contributed by atoms with Crippen LogP contribution in [0.1, 0.15) is 69.8 Å². The van der Waals surface area contributed by atoms with Gasteiger partial charge >= 0.3 is 18.1 Å². The van der Waals surface area contributed by atoms with Crippen molar-refractivity contribution >= 4 is 59.0 Å². The molecule has 0 aromatic heterocycles. The van der Waals surface area contributed by atoms with Crippen molar-refractivity contribution in [2.24, 2.45) is 11.8 Å². The van der Waals surface area contributed by atoms with E-state index >= 15 is 0 Å². The minimum atomic E-state index is -1.11. The number of nitriles is 1. The van der Waals surface area contributed by atoms with Crippen LogP contribution in [0.5, 0.6) is 5.75 Å². The molecular formula is C51H72N12O9. The first-order valence-corrected chi connectivity index (χ1v) is 24.0. The molecule has 0 aliphatic carbocycles. The van der Waals surface area contributed by atoms with Crippen molar-refractivity contribution in [3.8, 4) is 11.8 Å². The van der Waals surface area contributed by atoms with Crippen molar-refractivity contribution in [2.75, 3.05) is 71.2 Å². The first-order valence-electron chi connectivity index (χ1n) is 24.0. The zero-order valence-electron chi connectivity index (χ0n) is 42.8. The van der Waals surface area contributed by atoms with E-state index in [9.17, 15) is 43.6 Å². The summed E-state index contributed by atoms with van der Waals surface area (Å²) in [6, 6.07) is 18.5. The standard InChI is InChI=1S/C51H72N12O9/c1-33(2)30-40(46(66)55-8)58-47(67)41(31-36-18-12-10-13-19-36)59-51(71)63(38-20-14-11-15-21-38)27-17-26-62(50(70)60-43(34(3)4)48(68)56-35(5)44(64)53-6)29-28-61(25-16-24-52)49(69)57-37-22-23-42(72-9)39(32-37)45(65)54-7/h10-15,18-23,32-35,40-41,43H,16-17,25-31H2,1-9H3,(H,53,64)(H,54,65)(H,55,66)(H,56,68)(H,57,69)(H,58,67)(H,59,71)(H,60,70)/t35-,40-,41-,43-/m0/s1. The van der Waals surface area contributed by atoms with E-state index in [1.807, 2.05) is 50.2 Å². The summed E-state index contributed by atoms with van der Waals surface area (Å²) in [5, 5.41) is 31.1. The molecule has 390 valence electrons. The molecule has 0 unspecified atom stereocenters. The molecule has 0 saturated carbocycles. The molecule has 0 saturated heterocycles. The predicted molar refractivity (Wildman–Crippen MR) is 274 cm³/mol. The number of urea groups is 3. The molecular weight excluding hydrogens is 925 g/mol. The van der Waals surface area contributed by atoms with E-state index < -0.39 is 71.8 Å². The Morgan fingerprint density at radius 3 is 1.82 bits per heavy atom. The maximum atomic E-state index is 14.5. The van der Waals surface area contributed by atoms with Crippen LogP contribution in [-0.2, 0) is 25.6 Å². The van der Waals surface area contributed by atoms with Crippen molar-refractivity contribution < 1.29 is 43.1 Å². The molecule has 21 nitrogen and oxygen atoms in total. The number of anilines is 2. The number of carbonyl (C=O) groups excluding carboxylic acids is 8. The minimum absolute atomic E-state index is 0.00896. The Bertz CT molecular complexity index is 2330. The van der Waals surface area contributed by atoms with Gasteiger partial charge in [0.05, 0.1) is 25.2 Å². The average molecular weight is 997 g/mol. The van der Waals surface area contributed by atoms with E-state index in [0.717, 1.165) is 5.56 Å². The zero-order chi connectivity index (χ0) is 53.3. The molecule has 0 aliphatic rings. The molecule has 3 aromatic carbocycles. The number of benzene rings is 3. The second kappa shape index (κ2) is 30.0. The van der Waals surface area contributed by atoms with Crippen LogP contribution in [-0.4, -0.2) is 143 Å². The van der Waals surface area contributed by atoms with Gasteiger partial charge in [-0.2, -0.15) is 5.26 Å². The lowest BCUT2D eigenvalue weighted by Crippen LogP contribution is -2.57. The average Bonchev–Trinajstić information content (AvgIpc) is 3.37. The number of nitrogens with zero attached hydrogens (tertiary/aromatic N) is 4. The summed E-state index contributed by atoms with van der Waals surface area (Å²) in [7, 11) is 5.79. The number of methoxy groups -OCH3 is 1. The smallest absolute Gasteiger partial charge is 0.322 e. The molecule has 3 aromatic rings. The molecule has 21 heteroatoms. The summed E-state index contributed by atoms with van der Waals surface area (Å²) in [6.45, 7) is 8.56. The third kappa shape index (κ3) is 18.5. The Kier molecular flexibility index (Phi) is 24.3. The van der Waals surface area contributed by atoms with Crippen LogP contribution in [0.15, 0.2) is 78.9 Å². The van der Waals surface area contributed by atoms with E-state index in [0.29, 0.717) is 12.1 Å². The summed E-state index contributed by atoms with van der Waals surface area (Å²) in [6.07, 6.45) is 0.550. The zero-order valence-corrected chi connectivity index (χ0v) is 42.8. The predicted octanol–water partition coefficient (Wildman–Crippen LogP) is 3.58. The fourth-order valence-electron chi connectivity index (χ4n) is 7.51. The number of amides is 11. The Hall–Kier alpha value is -7.89. The lowest BCUT2D eigenvalue weighted by Gasteiger charge is -2.32. The van der Waals surface area contributed by atoms with Crippen LogP contribution in [0.4, 0.5) is 25.8 Å². The van der Waals surface area contributed by atoms with Gasteiger partial charge in [-0.15, -0.1) is 0 Å². The van der Waals surface area contributed by atoms with Gasteiger partial charge in [0.2, 0.25) is 23.6 Å². The van der Waals surface area contributed by atoms with Gasteiger partial charge in [0.25, 0.3) is 5.91 Å². The molecule has 0 aliphatic heterocycles. The third-order valence-corrected chi connectivity index (χ3v) is 11.5. The van der Waals surface area contributed by atoms with Crippen molar-refractivity contribution in [3.63, 3.8) is 0 Å². The van der Waals surface area contributed by atoms with Gasteiger partial charge in [0.1, 0.15) is 29.9 Å². The summed E-state index contributed by atoms with van der Waals surface area (Å²) in [5.41, 5.74) is 1.67. The van der Waals surface area contributed by atoms with Gasteiger partial charge in [-0.25, -0.2) is 14.4 Å². The number of rotatable bonds is 26. The first kappa shape index (κ1) is 58.4. The SMILES string of the molecule is CNC(=O)c1cc(NC(=O)N(CCC#N)CCN(CCCN(C(=O)N[C@@H](Cc2ccccc2)C(=O)N[C@@H](CC(C)C)C(=O)NC)c2ccccc2)C(=O)N[C@H](C(=O)N[C@@H](C)C(=O)NC)C(C)C)ccc1OC. The molecule has 3 rings (SSSR count). The maximum Gasteiger partial charge on any atom is 0.322 e. The number of carbonyl (C=O) groups is 8. The first-order chi connectivity index (χ1) is 34.4. The molecule has 0 heterocycles. The van der Waals surface area contributed by atoms with E-state index in [2.05, 4.69) is 42.5 Å². The Morgan fingerprint density at radius 1 is 0.625 bits per heavy atom. The highest BCUT2D eigenvalue weighted by atomic mass is 16.5. The number of nitrogens with one attached hydrogen (secondary N) is 8. The topological polar surface area (TPSA) is 276 Å². The van der Waals surface area contributed by atoms with E-state index in [4.69, 9.17) is 4.74 Å². The van der Waals surface area contributed by atoms with E-state index in [-0.39, 0.29) is 80.8 Å². The Labute approximate surface area is 422 Å². The maximum absolute atomic E-state index is 14.5. The lowest BCUT2D eigenvalue weighted by atomic mass is 10.0. The fourth-order valence-corrected chi connectivity index (χ4v) is 7.51. The molecule has 0 radical (unpaired) electrons. The fraction of sp³-hybridized carbons (Fsp3) is 0.471.